The molecule has 1 aliphatic carbocycles. The Morgan fingerprint density at radius 2 is 1.88 bits per heavy atom. The van der Waals surface area contributed by atoms with Crippen molar-refractivity contribution in [2.45, 2.75) is 44.9 Å². The van der Waals surface area contributed by atoms with Crippen molar-refractivity contribution < 1.29 is 17.9 Å². The standard InChI is InChI=1S/C24H23F3N4O.Na/c1-23(2)12-6-8-16-20(31(3)30-21(16)23)22-28-17-11-10-14(13-18(17)29-22)15-7-4-5-9-19(15)32-24(25,26)27;/h4-5,7,9-11,13H,6,8,12H2,1-3H3,(H,28,29);. The number of nitrogens with one attached hydrogen (secondary N) is 1. The van der Waals surface area contributed by atoms with Crippen LogP contribution in [0.4, 0.5) is 13.2 Å². The van der Waals surface area contributed by atoms with Crippen molar-refractivity contribution in [1.29, 1.82) is 0 Å². The van der Waals surface area contributed by atoms with Gasteiger partial charge < -0.3 is 9.72 Å². The first kappa shape index (κ1) is 23.9. The van der Waals surface area contributed by atoms with Crippen LogP contribution in [0.1, 0.15) is 37.9 Å². The zero-order valence-electron chi connectivity index (χ0n) is 19.0. The van der Waals surface area contributed by atoms with E-state index in [-0.39, 0.29) is 40.7 Å². The van der Waals surface area contributed by atoms with E-state index in [0.29, 0.717) is 17.0 Å². The Morgan fingerprint density at radius 1 is 1.12 bits per heavy atom. The van der Waals surface area contributed by atoms with E-state index in [1.54, 1.807) is 24.3 Å². The van der Waals surface area contributed by atoms with Crippen LogP contribution >= 0.6 is 0 Å². The van der Waals surface area contributed by atoms with Gasteiger partial charge in [0.15, 0.2) is 5.82 Å². The number of imidazole rings is 1. The number of halogens is 3. The maximum absolute atomic E-state index is 12.8. The summed E-state index contributed by atoms with van der Waals surface area (Å²) in [5.74, 6) is 0.480. The van der Waals surface area contributed by atoms with Crippen LogP contribution in [0.2, 0.25) is 0 Å². The molecule has 0 saturated carbocycles. The van der Waals surface area contributed by atoms with Gasteiger partial charge in [-0.05, 0) is 43.0 Å². The molecule has 5 rings (SSSR count). The van der Waals surface area contributed by atoms with Crippen LogP contribution in [-0.2, 0) is 18.9 Å². The molecule has 5 nitrogen and oxygen atoms in total. The van der Waals surface area contributed by atoms with Gasteiger partial charge in [-0.25, -0.2) is 4.98 Å². The van der Waals surface area contributed by atoms with Crippen LogP contribution in [-0.4, -0.2) is 55.7 Å². The molecule has 0 spiro atoms. The topological polar surface area (TPSA) is 55.7 Å². The molecular formula is C24H23F3N4NaO. The number of aromatic amines is 1. The van der Waals surface area contributed by atoms with Gasteiger partial charge in [0.05, 0.1) is 16.7 Å². The molecule has 0 atom stereocenters. The van der Waals surface area contributed by atoms with E-state index in [1.807, 2.05) is 17.8 Å². The number of hydrogen-bond acceptors (Lipinski definition) is 3. The van der Waals surface area contributed by atoms with Crippen LogP contribution < -0.4 is 4.74 Å². The first-order chi connectivity index (χ1) is 15.1. The molecule has 1 N–H and O–H groups in total. The fourth-order valence-electron chi connectivity index (χ4n) is 4.68. The Bertz CT molecular complexity index is 1320. The molecule has 1 aliphatic rings. The molecule has 0 unspecified atom stereocenters. The second-order valence-corrected chi connectivity index (χ2v) is 8.90. The third-order valence-corrected chi connectivity index (χ3v) is 6.14. The Labute approximate surface area is 211 Å². The van der Waals surface area contributed by atoms with Gasteiger partial charge in [-0.15, -0.1) is 13.2 Å². The van der Waals surface area contributed by atoms with Crippen LogP contribution in [0.15, 0.2) is 42.5 Å². The van der Waals surface area contributed by atoms with E-state index in [4.69, 9.17) is 10.1 Å². The summed E-state index contributed by atoms with van der Waals surface area (Å²) in [6, 6.07) is 11.5. The van der Waals surface area contributed by atoms with Crippen molar-refractivity contribution >= 4 is 40.6 Å². The molecule has 0 bridgehead atoms. The van der Waals surface area contributed by atoms with Crippen molar-refractivity contribution in [2.75, 3.05) is 0 Å². The Morgan fingerprint density at radius 3 is 2.64 bits per heavy atom. The monoisotopic (exact) mass is 463 g/mol. The molecule has 167 valence electrons. The number of alkyl halides is 3. The molecule has 9 heteroatoms. The molecule has 4 aromatic rings. The third-order valence-electron chi connectivity index (χ3n) is 6.14. The quantitative estimate of drug-likeness (QED) is 0.393. The van der Waals surface area contributed by atoms with E-state index in [2.05, 4.69) is 23.6 Å². The maximum atomic E-state index is 12.8. The number of benzene rings is 2. The molecule has 2 aromatic heterocycles. The average molecular weight is 463 g/mol. The first-order valence-corrected chi connectivity index (χ1v) is 10.5. The summed E-state index contributed by atoms with van der Waals surface area (Å²) in [4.78, 5) is 8.12. The second kappa shape index (κ2) is 8.49. The minimum atomic E-state index is -4.76. The van der Waals surface area contributed by atoms with E-state index in [0.717, 1.165) is 41.7 Å². The van der Waals surface area contributed by atoms with Gasteiger partial charge in [0.25, 0.3) is 0 Å². The summed E-state index contributed by atoms with van der Waals surface area (Å²) in [6.45, 7) is 4.43. The number of nitrogens with zero attached hydrogens (tertiary/aromatic N) is 3. The van der Waals surface area contributed by atoms with E-state index in [9.17, 15) is 13.2 Å². The number of para-hydroxylation sites is 1. The number of ether oxygens (including phenoxy) is 1. The number of rotatable bonds is 3. The normalized spacial score (nSPS) is 15.2. The molecular weight excluding hydrogens is 440 g/mol. The predicted octanol–water partition coefficient (Wildman–Crippen LogP) is 5.76. The number of H-pyrrole nitrogens is 1. The van der Waals surface area contributed by atoms with Crippen LogP contribution in [0.25, 0.3) is 33.7 Å². The largest absolute Gasteiger partial charge is 0.573 e. The summed E-state index contributed by atoms with van der Waals surface area (Å²) >= 11 is 0. The predicted molar refractivity (Wildman–Crippen MR) is 122 cm³/mol. The molecule has 0 amide bonds. The van der Waals surface area contributed by atoms with Crippen LogP contribution in [0, 0.1) is 0 Å². The number of fused-ring (bicyclic) bond motifs is 2. The second-order valence-electron chi connectivity index (χ2n) is 8.90. The summed E-state index contributed by atoms with van der Waals surface area (Å²) in [6.07, 6.45) is -1.61. The van der Waals surface area contributed by atoms with Gasteiger partial charge >= 0.3 is 6.36 Å². The SMILES string of the molecule is Cn1nc2c(c1-c1nc3ccc(-c4ccccc4OC(F)(F)F)cc3[nH]1)CCCC2(C)C.[Na]. The van der Waals surface area contributed by atoms with Crippen LogP contribution in [0.3, 0.4) is 0 Å². The molecule has 2 aromatic carbocycles. The van der Waals surface area contributed by atoms with Crippen molar-refractivity contribution in [1.82, 2.24) is 19.7 Å². The average Bonchev–Trinajstić information content (AvgIpc) is 3.27. The summed E-state index contributed by atoms with van der Waals surface area (Å²) in [5, 5.41) is 4.79. The zero-order chi connectivity index (χ0) is 22.7. The van der Waals surface area contributed by atoms with E-state index in [1.165, 1.54) is 17.7 Å². The van der Waals surface area contributed by atoms with Crippen molar-refractivity contribution in [3.8, 4) is 28.4 Å². The number of aromatic nitrogens is 4. The molecule has 2 heterocycles. The molecule has 0 saturated heterocycles. The summed E-state index contributed by atoms with van der Waals surface area (Å²) in [7, 11) is 1.92. The smallest absolute Gasteiger partial charge is 0.405 e. The van der Waals surface area contributed by atoms with Crippen molar-refractivity contribution in [3.05, 3.63) is 53.7 Å². The summed E-state index contributed by atoms with van der Waals surface area (Å²) in [5.41, 5.74) is 5.76. The van der Waals surface area contributed by atoms with Gasteiger partial charge in [-0.1, -0.05) is 38.1 Å². The fraction of sp³-hybridized carbons (Fsp3) is 0.333. The number of hydrogen-bond donors (Lipinski definition) is 1. The van der Waals surface area contributed by atoms with Gasteiger partial charge in [-0.2, -0.15) is 5.10 Å². The van der Waals surface area contributed by atoms with Crippen molar-refractivity contribution in [2.24, 2.45) is 7.05 Å². The van der Waals surface area contributed by atoms with Gasteiger partial charge in [0.2, 0.25) is 0 Å². The molecule has 0 fully saturated rings. The Balaban J connectivity index is 0.00000259. The zero-order valence-corrected chi connectivity index (χ0v) is 21.0. The first-order valence-electron chi connectivity index (χ1n) is 10.5. The minimum absolute atomic E-state index is 0. The van der Waals surface area contributed by atoms with Gasteiger partial charge in [0, 0.05) is 53.1 Å². The maximum Gasteiger partial charge on any atom is 0.573 e. The minimum Gasteiger partial charge on any atom is -0.405 e. The van der Waals surface area contributed by atoms with Gasteiger partial charge in [-0.3, -0.25) is 4.68 Å². The Hall–Kier alpha value is -2.29. The summed E-state index contributed by atoms with van der Waals surface area (Å²) < 4.78 is 44.6. The molecule has 33 heavy (non-hydrogen) atoms. The molecule has 1 radical (unpaired) electrons. The van der Waals surface area contributed by atoms with E-state index >= 15 is 0 Å². The van der Waals surface area contributed by atoms with Crippen LogP contribution in [0.5, 0.6) is 5.75 Å². The number of aryl methyl sites for hydroxylation is 1. The van der Waals surface area contributed by atoms with Crippen molar-refractivity contribution in [3.63, 3.8) is 0 Å². The van der Waals surface area contributed by atoms with E-state index < -0.39 is 6.36 Å². The third kappa shape index (κ3) is 4.44. The molecule has 0 aliphatic heterocycles. The fourth-order valence-corrected chi connectivity index (χ4v) is 4.68. The van der Waals surface area contributed by atoms with Gasteiger partial charge in [0.1, 0.15) is 11.4 Å². The Kier molecular flexibility index (Phi) is 6.14.